The number of anilines is 1. The molecule has 1 N–H and O–H groups in total. The number of nitrogens with one attached hydrogen (secondary N) is 1. The van der Waals surface area contributed by atoms with Crippen molar-refractivity contribution < 1.29 is 0 Å². The summed E-state index contributed by atoms with van der Waals surface area (Å²) in [5.74, 6) is 0.675. The van der Waals surface area contributed by atoms with E-state index in [2.05, 4.69) is 20.8 Å². The molecule has 2 aromatic rings. The second kappa shape index (κ2) is 4.94. The van der Waals surface area contributed by atoms with Crippen molar-refractivity contribution in [2.24, 2.45) is 7.05 Å². The first-order chi connectivity index (χ1) is 7.75. The van der Waals surface area contributed by atoms with E-state index < -0.39 is 0 Å². The van der Waals surface area contributed by atoms with Gasteiger partial charge < -0.3 is 5.32 Å². The van der Waals surface area contributed by atoms with E-state index >= 15 is 0 Å². The molecular formula is C10H12ClN5. The van der Waals surface area contributed by atoms with Crippen molar-refractivity contribution in [1.29, 1.82) is 0 Å². The standard InChI is InChI=1S/C10H12ClN5/c1-16-10(13-14-15-16)12-7-6-8-2-4-9(11)5-3-8/h2-5H,6-7H2,1H3,(H,12,13,15). The van der Waals surface area contributed by atoms with E-state index in [0.29, 0.717) is 5.95 Å². The molecule has 0 radical (unpaired) electrons. The first-order valence-corrected chi connectivity index (χ1v) is 5.34. The maximum Gasteiger partial charge on any atom is 0.242 e. The molecule has 6 heteroatoms. The number of halogens is 1. The molecule has 0 bridgehead atoms. The van der Waals surface area contributed by atoms with Crippen LogP contribution < -0.4 is 5.32 Å². The highest BCUT2D eigenvalue weighted by Crippen LogP contribution is 2.09. The first-order valence-electron chi connectivity index (χ1n) is 4.96. The molecule has 2 rings (SSSR count). The monoisotopic (exact) mass is 237 g/mol. The van der Waals surface area contributed by atoms with Crippen LogP contribution in [0.1, 0.15) is 5.56 Å². The normalized spacial score (nSPS) is 10.4. The Morgan fingerprint density at radius 1 is 1.31 bits per heavy atom. The fourth-order valence-electron chi connectivity index (χ4n) is 1.35. The summed E-state index contributed by atoms with van der Waals surface area (Å²) in [5, 5.41) is 15.0. The number of hydrogen-bond donors (Lipinski definition) is 1. The van der Waals surface area contributed by atoms with Gasteiger partial charge in [0.2, 0.25) is 5.95 Å². The number of benzene rings is 1. The Bertz CT molecular complexity index is 450. The molecule has 16 heavy (non-hydrogen) atoms. The molecule has 84 valence electrons. The van der Waals surface area contributed by atoms with Gasteiger partial charge >= 0.3 is 0 Å². The summed E-state index contributed by atoms with van der Waals surface area (Å²) < 4.78 is 1.60. The maximum absolute atomic E-state index is 5.80. The van der Waals surface area contributed by atoms with Gasteiger partial charge in [-0.3, -0.25) is 0 Å². The van der Waals surface area contributed by atoms with Gasteiger partial charge in [-0.25, -0.2) is 4.68 Å². The predicted molar refractivity (Wildman–Crippen MR) is 62.4 cm³/mol. The molecule has 1 aromatic heterocycles. The summed E-state index contributed by atoms with van der Waals surface area (Å²) in [6, 6.07) is 7.80. The van der Waals surface area contributed by atoms with Gasteiger partial charge in [0.1, 0.15) is 0 Å². The van der Waals surface area contributed by atoms with Gasteiger partial charge in [-0.05, 0) is 34.5 Å². The summed E-state index contributed by atoms with van der Waals surface area (Å²) in [5.41, 5.74) is 1.23. The molecule has 0 atom stereocenters. The number of nitrogens with zero attached hydrogens (tertiary/aromatic N) is 4. The zero-order valence-electron chi connectivity index (χ0n) is 8.89. The highest BCUT2D eigenvalue weighted by molar-refractivity contribution is 6.30. The summed E-state index contributed by atoms with van der Waals surface area (Å²) >= 11 is 5.80. The second-order valence-electron chi connectivity index (χ2n) is 3.43. The van der Waals surface area contributed by atoms with Crippen molar-refractivity contribution >= 4 is 17.5 Å². The highest BCUT2D eigenvalue weighted by atomic mass is 35.5. The Hall–Kier alpha value is -1.62. The minimum absolute atomic E-state index is 0.675. The number of rotatable bonds is 4. The van der Waals surface area contributed by atoms with Crippen LogP contribution in [0.5, 0.6) is 0 Å². The molecule has 0 unspecified atom stereocenters. The molecule has 0 aliphatic carbocycles. The average molecular weight is 238 g/mol. The van der Waals surface area contributed by atoms with Crippen molar-refractivity contribution in [3.63, 3.8) is 0 Å². The number of hydrogen-bond acceptors (Lipinski definition) is 4. The minimum Gasteiger partial charge on any atom is -0.353 e. The molecule has 0 spiro atoms. The van der Waals surface area contributed by atoms with Crippen LogP contribution in [0.4, 0.5) is 5.95 Å². The average Bonchev–Trinajstić information content (AvgIpc) is 2.68. The molecule has 0 saturated carbocycles. The van der Waals surface area contributed by atoms with Crippen LogP contribution >= 0.6 is 11.6 Å². The third-order valence-electron chi connectivity index (χ3n) is 2.23. The Morgan fingerprint density at radius 2 is 2.06 bits per heavy atom. The summed E-state index contributed by atoms with van der Waals surface area (Å²) in [7, 11) is 1.80. The summed E-state index contributed by atoms with van der Waals surface area (Å²) in [6.07, 6.45) is 0.907. The van der Waals surface area contributed by atoms with E-state index in [0.717, 1.165) is 18.0 Å². The van der Waals surface area contributed by atoms with Crippen LogP contribution in [0.3, 0.4) is 0 Å². The highest BCUT2D eigenvalue weighted by Gasteiger charge is 2.00. The molecule has 5 nitrogen and oxygen atoms in total. The van der Waals surface area contributed by atoms with Gasteiger partial charge in [0, 0.05) is 18.6 Å². The van der Waals surface area contributed by atoms with E-state index in [1.54, 1.807) is 11.7 Å². The maximum atomic E-state index is 5.80. The molecule has 0 aliphatic rings. The van der Waals surface area contributed by atoms with Gasteiger partial charge in [-0.15, -0.1) is 0 Å². The Morgan fingerprint density at radius 3 is 2.69 bits per heavy atom. The Balaban J connectivity index is 1.84. The van der Waals surface area contributed by atoms with E-state index in [9.17, 15) is 0 Å². The predicted octanol–water partition coefficient (Wildman–Crippen LogP) is 1.52. The molecule has 1 heterocycles. The van der Waals surface area contributed by atoms with Gasteiger partial charge in [0.25, 0.3) is 0 Å². The largest absolute Gasteiger partial charge is 0.353 e. The topological polar surface area (TPSA) is 55.6 Å². The zero-order chi connectivity index (χ0) is 11.4. The number of aryl methyl sites for hydroxylation is 1. The lowest BCUT2D eigenvalue weighted by Gasteiger charge is -2.04. The second-order valence-corrected chi connectivity index (χ2v) is 3.87. The van der Waals surface area contributed by atoms with Crippen molar-refractivity contribution in [3.8, 4) is 0 Å². The van der Waals surface area contributed by atoms with Crippen LogP contribution in [0.15, 0.2) is 24.3 Å². The zero-order valence-corrected chi connectivity index (χ0v) is 9.65. The van der Waals surface area contributed by atoms with Crippen LogP contribution in [0.25, 0.3) is 0 Å². The number of aromatic nitrogens is 4. The van der Waals surface area contributed by atoms with Gasteiger partial charge in [-0.2, -0.15) is 0 Å². The van der Waals surface area contributed by atoms with E-state index in [1.165, 1.54) is 5.56 Å². The SMILES string of the molecule is Cn1nnnc1NCCc1ccc(Cl)cc1. The number of tetrazole rings is 1. The van der Waals surface area contributed by atoms with Gasteiger partial charge in [0.05, 0.1) is 0 Å². The molecule has 0 saturated heterocycles. The lowest BCUT2D eigenvalue weighted by atomic mass is 10.1. The van der Waals surface area contributed by atoms with Crippen molar-refractivity contribution in [2.75, 3.05) is 11.9 Å². The fourth-order valence-corrected chi connectivity index (χ4v) is 1.47. The van der Waals surface area contributed by atoms with Gasteiger partial charge in [0.15, 0.2) is 0 Å². The fraction of sp³-hybridized carbons (Fsp3) is 0.300. The van der Waals surface area contributed by atoms with Crippen molar-refractivity contribution in [1.82, 2.24) is 20.2 Å². The third-order valence-corrected chi connectivity index (χ3v) is 2.48. The Kier molecular flexibility index (Phi) is 3.36. The molecule has 0 amide bonds. The summed E-state index contributed by atoms with van der Waals surface area (Å²) in [6.45, 7) is 0.788. The lowest BCUT2D eigenvalue weighted by Crippen LogP contribution is -2.09. The van der Waals surface area contributed by atoms with Crippen LogP contribution in [0, 0.1) is 0 Å². The van der Waals surface area contributed by atoms with Crippen LogP contribution in [-0.2, 0) is 13.5 Å². The molecule has 0 fully saturated rings. The van der Waals surface area contributed by atoms with E-state index in [1.807, 2.05) is 24.3 Å². The molecule has 1 aromatic carbocycles. The first kappa shape index (κ1) is 10.9. The summed E-state index contributed by atoms with van der Waals surface area (Å²) in [4.78, 5) is 0. The van der Waals surface area contributed by atoms with E-state index in [4.69, 9.17) is 11.6 Å². The quantitative estimate of drug-likeness (QED) is 0.876. The molecule has 0 aliphatic heterocycles. The van der Waals surface area contributed by atoms with E-state index in [-0.39, 0.29) is 0 Å². The smallest absolute Gasteiger partial charge is 0.242 e. The van der Waals surface area contributed by atoms with Crippen LogP contribution in [0.2, 0.25) is 5.02 Å². The minimum atomic E-state index is 0.675. The molecular weight excluding hydrogens is 226 g/mol. The lowest BCUT2D eigenvalue weighted by molar-refractivity contribution is 0.712. The van der Waals surface area contributed by atoms with Crippen LogP contribution in [-0.4, -0.2) is 26.8 Å². The third kappa shape index (κ3) is 2.70. The van der Waals surface area contributed by atoms with Crippen molar-refractivity contribution in [2.45, 2.75) is 6.42 Å². The Labute approximate surface area is 98.4 Å². The van der Waals surface area contributed by atoms with Gasteiger partial charge in [-0.1, -0.05) is 28.8 Å². The van der Waals surface area contributed by atoms with Crippen molar-refractivity contribution in [3.05, 3.63) is 34.9 Å².